The highest BCUT2D eigenvalue weighted by Crippen LogP contribution is 2.20. The van der Waals surface area contributed by atoms with E-state index < -0.39 is 18.0 Å². The van der Waals surface area contributed by atoms with Crippen LogP contribution in [0.2, 0.25) is 0 Å². The summed E-state index contributed by atoms with van der Waals surface area (Å²) in [6, 6.07) is 0. The van der Waals surface area contributed by atoms with E-state index in [1.54, 1.807) is 39.0 Å². The lowest BCUT2D eigenvalue weighted by atomic mass is 10.1. The van der Waals surface area contributed by atoms with Gasteiger partial charge in [-0.2, -0.15) is 0 Å². The first-order valence-electron chi connectivity index (χ1n) is 7.86. The quantitative estimate of drug-likeness (QED) is 0.295. The van der Waals surface area contributed by atoms with Crippen molar-refractivity contribution in [2.24, 2.45) is 5.92 Å². The Balaban J connectivity index is 2.60. The Morgan fingerprint density at radius 2 is 2.09 bits per heavy atom. The van der Waals surface area contributed by atoms with E-state index in [0.29, 0.717) is 12.2 Å². The molecule has 1 aliphatic heterocycles. The van der Waals surface area contributed by atoms with E-state index in [4.69, 9.17) is 9.47 Å². The van der Waals surface area contributed by atoms with E-state index in [9.17, 15) is 14.4 Å². The van der Waals surface area contributed by atoms with Gasteiger partial charge in [-0.05, 0) is 27.7 Å². The fraction of sp³-hybridized carbons (Fsp3) is 0.588. The third-order valence-electron chi connectivity index (χ3n) is 3.50. The van der Waals surface area contributed by atoms with Crippen LogP contribution in [-0.2, 0) is 23.9 Å². The zero-order valence-corrected chi connectivity index (χ0v) is 14.2. The number of esters is 1. The maximum Gasteiger partial charge on any atom is 0.338 e. The number of rotatable bonds is 8. The summed E-state index contributed by atoms with van der Waals surface area (Å²) in [5.74, 6) is -1.41. The molecule has 1 saturated heterocycles. The van der Waals surface area contributed by atoms with Gasteiger partial charge in [0.1, 0.15) is 6.10 Å². The normalized spacial score (nSPS) is 20.4. The number of hydrogen-bond acceptors (Lipinski definition) is 5. The lowest BCUT2D eigenvalue weighted by Gasteiger charge is -2.20. The maximum atomic E-state index is 12.2. The van der Waals surface area contributed by atoms with Crippen molar-refractivity contribution in [1.29, 1.82) is 0 Å². The number of ether oxygens (including phenoxy) is 2. The number of carbonyl (C=O) groups is 3. The van der Waals surface area contributed by atoms with Crippen LogP contribution in [0.15, 0.2) is 23.8 Å². The summed E-state index contributed by atoms with van der Waals surface area (Å²) in [4.78, 5) is 37.3. The van der Waals surface area contributed by atoms with Crippen LogP contribution in [0, 0.1) is 5.92 Å². The minimum atomic E-state index is -0.568. The average Bonchev–Trinajstić information content (AvgIpc) is 2.77. The highest BCUT2D eigenvalue weighted by Gasteiger charge is 2.39. The van der Waals surface area contributed by atoms with Crippen molar-refractivity contribution in [3.63, 3.8) is 0 Å². The summed E-state index contributed by atoms with van der Waals surface area (Å²) < 4.78 is 10.5. The number of allylic oxidation sites excluding steroid dienone is 2. The van der Waals surface area contributed by atoms with Crippen LogP contribution >= 0.6 is 0 Å². The van der Waals surface area contributed by atoms with Crippen LogP contribution in [-0.4, -0.2) is 48.5 Å². The second-order valence-corrected chi connectivity index (χ2v) is 5.36. The van der Waals surface area contributed by atoms with E-state index in [2.05, 4.69) is 0 Å². The molecule has 128 valence electrons. The molecule has 0 aromatic heterocycles. The summed E-state index contributed by atoms with van der Waals surface area (Å²) >= 11 is 0. The van der Waals surface area contributed by atoms with Gasteiger partial charge in [-0.3, -0.25) is 14.5 Å². The van der Waals surface area contributed by atoms with E-state index in [-0.39, 0.29) is 31.4 Å². The molecule has 0 aliphatic carbocycles. The van der Waals surface area contributed by atoms with Crippen molar-refractivity contribution in [1.82, 2.24) is 4.90 Å². The fourth-order valence-electron chi connectivity index (χ4n) is 2.34. The molecule has 0 N–H and O–H groups in total. The number of nitrogens with zero attached hydrogens (tertiary/aromatic N) is 1. The van der Waals surface area contributed by atoms with Crippen LogP contribution in [0.5, 0.6) is 0 Å². The molecular weight excluding hydrogens is 298 g/mol. The highest BCUT2D eigenvalue weighted by atomic mass is 16.5. The standard InChI is InChI=1S/C17H25NO5/c1-5-8-13(6-2)17(21)23-12(4)10-18-15(19)9-14(16(18)20)11-22-7-3/h5-6,8,12,14H,7,9-11H2,1-4H3/b8-5-,13-6+. The van der Waals surface area contributed by atoms with Crippen LogP contribution < -0.4 is 0 Å². The van der Waals surface area contributed by atoms with E-state index in [1.807, 2.05) is 6.92 Å². The molecule has 1 rings (SSSR count). The third-order valence-corrected chi connectivity index (χ3v) is 3.50. The summed E-state index contributed by atoms with van der Waals surface area (Å²) in [6.07, 6.45) is 4.63. The first-order valence-corrected chi connectivity index (χ1v) is 7.86. The topological polar surface area (TPSA) is 72.9 Å². The minimum Gasteiger partial charge on any atom is -0.457 e. The number of amides is 2. The third kappa shape index (κ3) is 5.32. The van der Waals surface area contributed by atoms with E-state index in [1.165, 1.54) is 0 Å². The molecular formula is C17H25NO5. The van der Waals surface area contributed by atoms with Crippen molar-refractivity contribution in [2.45, 2.75) is 40.2 Å². The van der Waals surface area contributed by atoms with E-state index in [0.717, 1.165) is 4.90 Å². The van der Waals surface area contributed by atoms with Gasteiger partial charge in [0.05, 0.1) is 24.6 Å². The van der Waals surface area contributed by atoms with Gasteiger partial charge in [-0.1, -0.05) is 18.2 Å². The van der Waals surface area contributed by atoms with Crippen molar-refractivity contribution in [3.05, 3.63) is 23.8 Å². The van der Waals surface area contributed by atoms with Crippen LogP contribution in [0.25, 0.3) is 0 Å². The van der Waals surface area contributed by atoms with Gasteiger partial charge in [-0.25, -0.2) is 4.79 Å². The van der Waals surface area contributed by atoms with Crippen molar-refractivity contribution in [2.75, 3.05) is 19.8 Å². The largest absolute Gasteiger partial charge is 0.457 e. The monoisotopic (exact) mass is 323 g/mol. The number of likely N-dealkylation sites (tertiary alicyclic amines) is 1. The number of hydrogen-bond donors (Lipinski definition) is 0. The maximum absolute atomic E-state index is 12.2. The molecule has 0 aromatic rings. The molecule has 6 nitrogen and oxygen atoms in total. The molecule has 0 radical (unpaired) electrons. The molecule has 0 bridgehead atoms. The summed E-state index contributed by atoms with van der Waals surface area (Å²) in [5.41, 5.74) is 0.438. The molecule has 23 heavy (non-hydrogen) atoms. The van der Waals surface area contributed by atoms with Crippen LogP contribution in [0.3, 0.4) is 0 Å². The molecule has 0 spiro atoms. The van der Waals surface area contributed by atoms with Crippen molar-refractivity contribution >= 4 is 17.8 Å². The average molecular weight is 323 g/mol. The summed E-state index contributed by atoms with van der Waals surface area (Å²) in [7, 11) is 0. The second-order valence-electron chi connectivity index (χ2n) is 5.36. The Labute approximate surface area is 137 Å². The fourth-order valence-corrected chi connectivity index (χ4v) is 2.34. The first kappa shape index (κ1) is 19.1. The highest BCUT2D eigenvalue weighted by molar-refractivity contribution is 6.03. The molecule has 1 heterocycles. The van der Waals surface area contributed by atoms with Gasteiger partial charge >= 0.3 is 5.97 Å². The molecule has 0 aromatic carbocycles. The lowest BCUT2D eigenvalue weighted by Crippen LogP contribution is -2.38. The molecule has 0 saturated carbocycles. The predicted octanol–water partition coefficient (Wildman–Crippen LogP) is 1.85. The van der Waals surface area contributed by atoms with E-state index >= 15 is 0 Å². The van der Waals surface area contributed by atoms with Gasteiger partial charge in [0.25, 0.3) is 0 Å². The Bertz CT molecular complexity index is 509. The molecule has 6 heteroatoms. The Kier molecular flexibility index (Phi) is 7.68. The van der Waals surface area contributed by atoms with Gasteiger partial charge < -0.3 is 9.47 Å². The van der Waals surface area contributed by atoms with Crippen molar-refractivity contribution in [3.8, 4) is 0 Å². The summed E-state index contributed by atoms with van der Waals surface area (Å²) in [5, 5.41) is 0. The Morgan fingerprint density at radius 1 is 1.39 bits per heavy atom. The molecule has 2 amide bonds. The number of imide groups is 1. The predicted molar refractivity (Wildman–Crippen MR) is 85.4 cm³/mol. The zero-order valence-electron chi connectivity index (χ0n) is 14.2. The first-order chi connectivity index (χ1) is 10.9. The molecule has 2 unspecified atom stereocenters. The molecule has 2 atom stereocenters. The van der Waals surface area contributed by atoms with Gasteiger partial charge in [0.2, 0.25) is 11.8 Å². The number of carbonyl (C=O) groups excluding carboxylic acids is 3. The Hall–Kier alpha value is -1.95. The molecule has 1 fully saturated rings. The summed E-state index contributed by atoms with van der Waals surface area (Å²) in [6.45, 7) is 7.87. The lowest BCUT2D eigenvalue weighted by molar-refractivity contribution is -0.150. The Morgan fingerprint density at radius 3 is 2.65 bits per heavy atom. The van der Waals surface area contributed by atoms with Gasteiger partial charge in [0.15, 0.2) is 0 Å². The smallest absolute Gasteiger partial charge is 0.338 e. The van der Waals surface area contributed by atoms with Crippen LogP contribution in [0.1, 0.15) is 34.1 Å². The van der Waals surface area contributed by atoms with Gasteiger partial charge in [0, 0.05) is 13.0 Å². The van der Waals surface area contributed by atoms with Crippen LogP contribution in [0.4, 0.5) is 0 Å². The van der Waals surface area contributed by atoms with Gasteiger partial charge in [-0.15, -0.1) is 0 Å². The SMILES string of the molecule is C/C=C\C(=C/C)C(=O)OC(C)CN1C(=O)CC(COCC)C1=O. The van der Waals surface area contributed by atoms with Crippen molar-refractivity contribution < 1.29 is 23.9 Å². The second kappa shape index (κ2) is 9.25. The zero-order chi connectivity index (χ0) is 17.4. The minimum absolute atomic E-state index is 0.0683. The molecule has 1 aliphatic rings.